The molecule has 1 aromatic rings. The van der Waals surface area contributed by atoms with Crippen LogP contribution in [0.4, 0.5) is 5.82 Å². The summed E-state index contributed by atoms with van der Waals surface area (Å²) in [6.07, 6.45) is 2.02. The molecule has 0 aromatic carbocycles. The van der Waals surface area contributed by atoms with E-state index in [1.165, 1.54) is 0 Å². The minimum Gasteiger partial charge on any atom is -0.310 e. The van der Waals surface area contributed by atoms with Gasteiger partial charge in [-0.2, -0.15) is 0 Å². The lowest BCUT2D eigenvalue weighted by molar-refractivity contribution is -0.117. The fourth-order valence-electron chi connectivity index (χ4n) is 1.35. The number of amides is 1. The standard InChI is InChI=1S/C10H13N3O/c1-6-5-9(12-7(2)11-6)13-10(14)8-3-4-8/h5,8H,3-4H2,1-2H3,(H,11,12,13,14). The SMILES string of the molecule is Cc1cc(NC(=O)C2CC2)nc(C)n1. The third kappa shape index (κ3) is 2.07. The number of aromatic nitrogens is 2. The van der Waals surface area contributed by atoms with Crippen LogP contribution in [0.15, 0.2) is 6.07 Å². The molecule has 1 aromatic heterocycles. The smallest absolute Gasteiger partial charge is 0.228 e. The van der Waals surface area contributed by atoms with Crippen molar-refractivity contribution in [3.8, 4) is 0 Å². The second-order valence-electron chi connectivity index (χ2n) is 3.71. The molecule has 4 nitrogen and oxygen atoms in total. The molecule has 14 heavy (non-hydrogen) atoms. The molecule has 0 radical (unpaired) electrons. The normalized spacial score (nSPS) is 15.3. The van der Waals surface area contributed by atoms with Gasteiger partial charge in [0, 0.05) is 17.7 Å². The van der Waals surface area contributed by atoms with Gasteiger partial charge in [-0.1, -0.05) is 0 Å². The predicted molar refractivity (Wildman–Crippen MR) is 52.9 cm³/mol. The summed E-state index contributed by atoms with van der Waals surface area (Å²) in [5.74, 6) is 1.61. The van der Waals surface area contributed by atoms with E-state index in [1.54, 1.807) is 6.07 Å². The van der Waals surface area contributed by atoms with Crippen LogP contribution in [0.25, 0.3) is 0 Å². The van der Waals surface area contributed by atoms with Gasteiger partial charge < -0.3 is 5.32 Å². The maximum Gasteiger partial charge on any atom is 0.228 e. The molecule has 1 aliphatic carbocycles. The van der Waals surface area contributed by atoms with Gasteiger partial charge in [-0.15, -0.1) is 0 Å². The van der Waals surface area contributed by atoms with Crippen molar-refractivity contribution in [3.05, 3.63) is 17.6 Å². The molecular weight excluding hydrogens is 178 g/mol. The van der Waals surface area contributed by atoms with E-state index in [-0.39, 0.29) is 11.8 Å². The molecule has 0 bridgehead atoms. The summed E-state index contributed by atoms with van der Waals surface area (Å²) in [4.78, 5) is 19.7. The van der Waals surface area contributed by atoms with Crippen LogP contribution in [0.2, 0.25) is 0 Å². The molecule has 4 heteroatoms. The third-order valence-electron chi connectivity index (χ3n) is 2.17. The van der Waals surface area contributed by atoms with E-state index in [2.05, 4.69) is 15.3 Å². The maximum absolute atomic E-state index is 11.4. The van der Waals surface area contributed by atoms with E-state index in [1.807, 2.05) is 13.8 Å². The average Bonchev–Trinajstić information content (AvgIpc) is 2.82. The molecular formula is C10H13N3O. The zero-order valence-electron chi connectivity index (χ0n) is 8.37. The summed E-state index contributed by atoms with van der Waals surface area (Å²) >= 11 is 0. The predicted octanol–water partition coefficient (Wildman–Crippen LogP) is 1.44. The first-order chi connectivity index (χ1) is 6.65. The van der Waals surface area contributed by atoms with Crippen molar-refractivity contribution in [2.45, 2.75) is 26.7 Å². The molecule has 1 fully saturated rings. The number of nitrogens with zero attached hydrogens (tertiary/aromatic N) is 2. The van der Waals surface area contributed by atoms with Crippen molar-refractivity contribution in [1.29, 1.82) is 0 Å². The first-order valence-electron chi connectivity index (χ1n) is 4.78. The Morgan fingerprint density at radius 2 is 2.14 bits per heavy atom. The largest absolute Gasteiger partial charge is 0.310 e. The van der Waals surface area contributed by atoms with Gasteiger partial charge in [0.2, 0.25) is 5.91 Å². The van der Waals surface area contributed by atoms with Crippen molar-refractivity contribution >= 4 is 11.7 Å². The van der Waals surface area contributed by atoms with Gasteiger partial charge in [0.25, 0.3) is 0 Å². The highest BCUT2D eigenvalue weighted by Gasteiger charge is 2.29. The van der Waals surface area contributed by atoms with Crippen LogP contribution in [0.3, 0.4) is 0 Å². The molecule has 74 valence electrons. The highest BCUT2D eigenvalue weighted by Crippen LogP contribution is 2.29. The van der Waals surface area contributed by atoms with Gasteiger partial charge in [0.15, 0.2) is 0 Å². The highest BCUT2D eigenvalue weighted by atomic mass is 16.2. The molecule has 0 spiro atoms. The van der Waals surface area contributed by atoms with Crippen LogP contribution in [0.5, 0.6) is 0 Å². The Bertz CT molecular complexity index is 351. The fraction of sp³-hybridized carbons (Fsp3) is 0.500. The molecule has 1 N–H and O–H groups in total. The second kappa shape index (κ2) is 3.36. The van der Waals surface area contributed by atoms with Crippen molar-refractivity contribution in [1.82, 2.24) is 9.97 Å². The molecule has 1 amide bonds. The lowest BCUT2D eigenvalue weighted by Crippen LogP contribution is -2.15. The Hall–Kier alpha value is -1.45. The minimum atomic E-state index is 0.0856. The Labute approximate surface area is 82.8 Å². The summed E-state index contributed by atoms with van der Waals surface area (Å²) in [6, 6.07) is 1.78. The summed E-state index contributed by atoms with van der Waals surface area (Å²) in [5.41, 5.74) is 0.878. The van der Waals surface area contributed by atoms with Gasteiger partial charge in [0.05, 0.1) is 0 Å². The van der Waals surface area contributed by atoms with E-state index in [9.17, 15) is 4.79 Å². The third-order valence-corrected chi connectivity index (χ3v) is 2.17. The molecule has 1 aliphatic rings. The Morgan fingerprint density at radius 3 is 2.71 bits per heavy atom. The number of carbonyl (C=O) groups is 1. The zero-order valence-corrected chi connectivity index (χ0v) is 8.37. The molecule has 0 atom stereocenters. The monoisotopic (exact) mass is 191 g/mol. The Morgan fingerprint density at radius 1 is 1.43 bits per heavy atom. The number of aryl methyl sites for hydroxylation is 2. The minimum absolute atomic E-state index is 0.0856. The van der Waals surface area contributed by atoms with E-state index in [0.29, 0.717) is 11.6 Å². The molecule has 0 unspecified atom stereocenters. The first-order valence-corrected chi connectivity index (χ1v) is 4.78. The fourth-order valence-corrected chi connectivity index (χ4v) is 1.35. The summed E-state index contributed by atoms with van der Waals surface area (Å²) in [7, 11) is 0. The average molecular weight is 191 g/mol. The number of nitrogens with one attached hydrogen (secondary N) is 1. The maximum atomic E-state index is 11.4. The van der Waals surface area contributed by atoms with Crippen molar-refractivity contribution < 1.29 is 4.79 Å². The van der Waals surface area contributed by atoms with Gasteiger partial charge in [-0.3, -0.25) is 4.79 Å². The van der Waals surface area contributed by atoms with Crippen molar-refractivity contribution in [3.63, 3.8) is 0 Å². The zero-order chi connectivity index (χ0) is 10.1. The summed E-state index contributed by atoms with van der Waals surface area (Å²) in [6.45, 7) is 3.71. The van der Waals surface area contributed by atoms with Crippen molar-refractivity contribution in [2.24, 2.45) is 5.92 Å². The summed E-state index contributed by atoms with van der Waals surface area (Å²) in [5, 5.41) is 2.80. The van der Waals surface area contributed by atoms with Crippen LogP contribution >= 0.6 is 0 Å². The molecule has 1 saturated carbocycles. The van der Waals surface area contributed by atoms with Crippen LogP contribution in [-0.4, -0.2) is 15.9 Å². The van der Waals surface area contributed by atoms with E-state index in [4.69, 9.17) is 0 Å². The van der Waals surface area contributed by atoms with Crippen LogP contribution in [0, 0.1) is 19.8 Å². The topological polar surface area (TPSA) is 54.9 Å². The quantitative estimate of drug-likeness (QED) is 0.769. The Balaban J connectivity index is 2.11. The molecule has 1 heterocycles. The highest BCUT2D eigenvalue weighted by molar-refractivity contribution is 5.93. The lowest BCUT2D eigenvalue weighted by atomic mass is 10.3. The number of hydrogen-bond acceptors (Lipinski definition) is 3. The van der Waals surface area contributed by atoms with Gasteiger partial charge in [-0.05, 0) is 26.7 Å². The van der Waals surface area contributed by atoms with Gasteiger partial charge in [0.1, 0.15) is 11.6 Å². The summed E-state index contributed by atoms with van der Waals surface area (Å²) < 4.78 is 0. The number of anilines is 1. The van der Waals surface area contributed by atoms with E-state index in [0.717, 1.165) is 18.5 Å². The van der Waals surface area contributed by atoms with Crippen LogP contribution in [-0.2, 0) is 4.79 Å². The Kier molecular flexibility index (Phi) is 2.19. The number of rotatable bonds is 2. The van der Waals surface area contributed by atoms with Crippen LogP contribution in [0.1, 0.15) is 24.4 Å². The lowest BCUT2D eigenvalue weighted by Gasteiger charge is -2.04. The van der Waals surface area contributed by atoms with Crippen LogP contribution < -0.4 is 5.32 Å². The molecule has 0 saturated heterocycles. The van der Waals surface area contributed by atoms with Gasteiger partial charge >= 0.3 is 0 Å². The first kappa shape index (κ1) is 9.12. The van der Waals surface area contributed by atoms with E-state index < -0.39 is 0 Å². The number of carbonyl (C=O) groups excluding carboxylic acids is 1. The molecule has 0 aliphatic heterocycles. The van der Waals surface area contributed by atoms with Crippen molar-refractivity contribution in [2.75, 3.05) is 5.32 Å². The van der Waals surface area contributed by atoms with Gasteiger partial charge in [-0.25, -0.2) is 9.97 Å². The second-order valence-corrected chi connectivity index (χ2v) is 3.71. The van der Waals surface area contributed by atoms with E-state index >= 15 is 0 Å². The molecule has 2 rings (SSSR count). The number of hydrogen-bond donors (Lipinski definition) is 1.